The van der Waals surface area contributed by atoms with Crippen molar-refractivity contribution in [1.82, 2.24) is 4.98 Å². The molecule has 0 aromatic carbocycles. The van der Waals surface area contributed by atoms with E-state index < -0.39 is 0 Å². The molecular weight excluding hydrogens is 180 g/mol. The number of carbonyl (C=O) groups excluding carboxylic acids is 1. The Morgan fingerprint density at radius 1 is 1.57 bits per heavy atom. The highest BCUT2D eigenvalue weighted by molar-refractivity contribution is 5.91. The Morgan fingerprint density at radius 3 is 2.93 bits per heavy atom. The van der Waals surface area contributed by atoms with Gasteiger partial charge in [0.25, 0.3) is 0 Å². The van der Waals surface area contributed by atoms with Crippen molar-refractivity contribution in [1.29, 1.82) is 0 Å². The standard InChI is InChI=1S/C10H14N2O2/c1-12(10(14)6-4-8-13)9-5-2-3-7-11-9/h2-3,5,7,13H,4,6,8H2,1H3. The molecular formula is C10H14N2O2. The first kappa shape index (κ1) is 10.7. The van der Waals surface area contributed by atoms with E-state index in [1.807, 2.05) is 6.07 Å². The van der Waals surface area contributed by atoms with Crippen molar-refractivity contribution in [3.05, 3.63) is 24.4 Å². The minimum Gasteiger partial charge on any atom is -0.396 e. The van der Waals surface area contributed by atoms with Crippen molar-refractivity contribution >= 4 is 11.7 Å². The van der Waals surface area contributed by atoms with Gasteiger partial charge in [-0.1, -0.05) is 6.07 Å². The number of aliphatic hydroxyl groups is 1. The SMILES string of the molecule is CN(C(=O)CCCO)c1ccccn1. The van der Waals surface area contributed by atoms with Crippen LogP contribution in [0, 0.1) is 0 Å². The topological polar surface area (TPSA) is 53.4 Å². The predicted octanol–water partition coefficient (Wildman–Crippen LogP) is 0.817. The molecule has 1 amide bonds. The molecule has 0 saturated carbocycles. The molecule has 0 aliphatic rings. The first-order valence-corrected chi connectivity index (χ1v) is 4.54. The largest absolute Gasteiger partial charge is 0.396 e. The van der Waals surface area contributed by atoms with Crippen LogP contribution in [0.1, 0.15) is 12.8 Å². The first-order valence-electron chi connectivity index (χ1n) is 4.54. The number of aromatic nitrogens is 1. The van der Waals surface area contributed by atoms with Crippen LogP contribution in [-0.2, 0) is 4.79 Å². The van der Waals surface area contributed by atoms with E-state index in [0.717, 1.165) is 0 Å². The molecule has 1 aromatic heterocycles. The van der Waals surface area contributed by atoms with Gasteiger partial charge in [-0.05, 0) is 18.6 Å². The summed E-state index contributed by atoms with van der Waals surface area (Å²) in [6.45, 7) is 0.0435. The Morgan fingerprint density at radius 2 is 2.36 bits per heavy atom. The quantitative estimate of drug-likeness (QED) is 0.772. The van der Waals surface area contributed by atoms with Crippen molar-refractivity contribution in [2.24, 2.45) is 0 Å². The second kappa shape index (κ2) is 5.34. The highest BCUT2D eigenvalue weighted by atomic mass is 16.3. The summed E-state index contributed by atoms with van der Waals surface area (Å²) in [4.78, 5) is 17.0. The summed E-state index contributed by atoms with van der Waals surface area (Å²) in [6, 6.07) is 5.41. The highest BCUT2D eigenvalue weighted by Gasteiger charge is 2.10. The first-order chi connectivity index (χ1) is 6.75. The van der Waals surface area contributed by atoms with Crippen LogP contribution in [0.2, 0.25) is 0 Å². The van der Waals surface area contributed by atoms with Crippen LogP contribution in [0.4, 0.5) is 5.82 Å². The molecule has 0 aliphatic heterocycles. The van der Waals surface area contributed by atoms with Crippen molar-refractivity contribution in [2.75, 3.05) is 18.6 Å². The van der Waals surface area contributed by atoms with Crippen molar-refractivity contribution in [2.45, 2.75) is 12.8 Å². The van der Waals surface area contributed by atoms with Gasteiger partial charge in [0.1, 0.15) is 5.82 Å². The molecule has 14 heavy (non-hydrogen) atoms. The van der Waals surface area contributed by atoms with Gasteiger partial charge in [-0.15, -0.1) is 0 Å². The number of rotatable bonds is 4. The second-order valence-corrected chi connectivity index (χ2v) is 2.97. The van der Waals surface area contributed by atoms with Gasteiger partial charge >= 0.3 is 0 Å². The number of anilines is 1. The maximum absolute atomic E-state index is 11.5. The molecule has 0 aliphatic carbocycles. The Labute approximate surface area is 83.2 Å². The molecule has 0 radical (unpaired) electrons. The third-order valence-electron chi connectivity index (χ3n) is 1.92. The van der Waals surface area contributed by atoms with E-state index >= 15 is 0 Å². The third-order valence-corrected chi connectivity index (χ3v) is 1.92. The maximum atomic E-state index is 11.5. The van der Waals surface area contributed by atoms with Crippen LogP contribution >= 0.6 is 0 Å². The predicted molar refractivity (Wildman–Crippen MR) is 54.0 cm³/mol. The van der Waals surface area contributed by atoms with E-state index in [9.17, 15) is 4.79 Å². The number of hydrogen-bond acceptors (Lipinski definition) is 3. The van der Waals surface area contributed by atoms with Gasteiger partial charge in [-0.3, -0.25) is 9.69 Å². The van der Waals surface area contributed by atoms with Crippen LogP contribution in [0.5, 0.6) is 0 Å². The van der Waals surface area contributed by atoms with Gasteiger partial charge in [0.15, 0.2) is 0 Å². The Kier molecular flexibility index (Phi) is 4.07. The van der Waals surface area contributed by atoms with E-state index in [-0.39, 0.29) is 12.5 Å². The lowest BCUT2D eigenvalue weighted by Gasteiger charge is -2.15. The normalized spacial score (nSPS) is 9.86. The fourth-order valence-electron chi connectivity index (χ4n) is 1.08. The van der Waals surface area contributed by atoms with Crippen molar-refractivity contribution in [3.8, 4) is 0 Å². The summed E-state index contributed by atoms with van der Waals surface area (Å²) >= 11 is 0. The number of carbonyl (C=O) groups is 1. The molecule has 0 bridgehead atoms. The molecule has 1 rings (SSSR count). The summed E-state index contributed by atoms with van der Waals surface area (Å²) in [5, 5.41) is 8.58. The van der Waals surface area contributed by atoms with Crippen LogP contribution in [0.25, 0.3) is 0 Å². The molecule has 4 heteroatoms. The fourth-order valence-corrected chi connectivity index (χ4v) is 1.08. The third kappa shape index (κ3) is 2.81. The van der Waals surface area contributed by atoms with Crippen LogP contribution in [-0.4, -0.2) is 29.7 Å². The Bertz CT molecular complexity index is 287. The average Bonchev–Trinajstić information content (AvgIpc) is 2.26. The summed E-state index contributed by atoms with van der Waals surface area (Å²) in [5.41, 5.74) is 0. The molecule has 1 aromatic rings. The number of pyridine rings is 1. The van der Waals surface area contributed by atoms with E-state index in [4.69, 9.17) is 5.11 Å². The highest BCUT2D eigenvalue weighted by Crippen LogP contribution is 2.08. The average molecular weight is 194 g/mol. The molecule has 76 valence electrons. The minimum atomic E-state index is -0.0299. The Hall–Kier alpha value is -1.42. The number of hydrogen-bond donors (Lipinski definition) is 1. The number of nitrogens with zero attached hydrogens (tertiary/aromatic N) is 2. The van der Waals surface area contributed by atoms with E-state index in [1.165, 1.54) is 4.90 Å². The van der Waals surface area contributed by atoms with E-state index in [2.05, 4.69) is 4.98 Å². The summed E-state index contributed by atoms with van der Waals surface area (Å²) in [7, 11) is 1.68. The lowest BCUT2D eigenvalue weighted by molar-refractivity contribution is -0.118. The zero-order valence-corrected chi connectivity index (χ0v) is 8.18. The lowest BCUT2D eigenvalue weighted by Crippen LogP contribution is -2.26. The van der Waals surface area contributed by atoms with Gasteiger partial charge in [0.2, 0.25) is 5.91 Å². The maximum Gasteiger partial charge on any atom is 0.227 e. The lowest BCUT2D eigenvalue weighted by atomic mass is 10.3. The zero-order chi connectivity index (χ0) is 10.4. The molecule has 0 atom stereocenters. The van der Waals surface area contributed by atoms with Gasteiger partial charge in [-0.2, -0.15) is 0 Å². The van der Waals surface area contributed by atoms with Crippen molar-refractivity contribution in [3.63, 3.8) is 0 Å². The molecule has 1 heterocycles. The second-order valence-electron chi connectivity index (χ2n) is 2.97. The summed E-state index contributed by atoms with van der Waals surface area (Å²) in [6.07, 6.45) is 2.49. The van der Waals surface area contributed by atoms with E-state index in [1.54, 1.807) is 25.4 Å². The zero-order valence-electron chi connectivity index (χ0n) is 8.18. The van der Waals surface area contributed by atoms with Crippen LogP contribution in [0.15, 0.2) is 24.4 Å². The van der Waals surface area contributed by atoms with Crippen LogP contribution < -0.4 is 4.90 Å². The van der Waals surface area contributed by atoms with E-state index in [0.29, 0.717) is 18.7 Å². The Balaban J connectivity index is 2.57. The molecule has 0 saturated heterocycles. The van der Waals surface area contributed by atoms with Gasteiger partial charge in [0, 0.05) is 26.3 Å². The fraction of sp³-hybridized carbons (Fsp3) is 0.400. The molecule has 0 spiro atoms. The molecule has 4 nitrogen and oxygen atoms in total. The monoisotopic (exact) mass is 194 g/mol. The van der Waals surface area contributed by atoms with Gasteiger partial charge in [-0.25, -0.2) is 4.98 Å². The molecule has 0 unspecified atom stereocenters. The molecule has 1 N–H and O–H groups in total. The van der Waals surface area contributed by atoms with Crippen LogP contribution in [0.3, 0.4) is 0 Å². The number of aliphatic hydroxyl groups excluding tert-OH is 1. The summed E-state index contributed by atoms with van der Waals surface area (Å²) in [5.74, 6) is 0.605. The van der Waals surface area contributed by atoms with Gasteiger partial charge < -0.3 is 5.11 Å². The van der Waals surface area contributed by atoms with Gasteiger partial charge in [0.05, 0.1) is 0 Å². The smallest absolute Gasteiger partial charge is 0.227 e. The molecule has 0 fully saturated rings. The van der Waals surface area contributed by atoms with Crippen molar-refractivity contribution < 1.29 is 9.90 Å². The minimum absolute atomic E-state index is 0.0299. The number of amides is 1. The summed E-state index contributed by atoms with van der Waals surface area (Å²) < 4.78 is 0.